The summed E-state index contributed by atoms with van der Waals surface area (Å²) < 4.78 is 40.0. The van der Waals surface area contributed by atoms with Gasteiger partial charge >= 0.3 is 0 Å². The van der Waals surface area contributed by atoms with Crippen LogP contribution in [-0.4, -0.2) is 72.6 Å². The normalized spacial score (nSPS) is 15.2. The molecule has 1 saturated heterocycles. The summed E-state index contributed by atoms with van der Waals surface area (Å²) in [5.74, 6) is 0.718. The van der Waals surface area contributed by atoms with E-state index in [1.807, 2.05) is 31.2 Å². The molecule has 0 unspecified atom stereocenters. The first kappa shape index (κ1) is 25.3. The van der Waals surface area contributed by atoms with Gasteiger partial charge in [0.1, 0.15) is 21.4 Å². The molecule has 2 aromatic heterocycles. The lowest BCUT2D eigenvalue weighted by molar-refractivity contribution is 0.179. The molecule has 0 amide bonds. The SMILES string of the molecule is COc1ccc(OC)c(S(=O)(=O)N2CCN(Cc3cc(=O)n4nc(-c5cccc(C)c5)sc4n3)CC2)c1. The van der Waals surface area contributed by atoms with Gasteiger partial charge in [0.15, 0.2) is 0 Å². The Labute approximate surface area is 218 Å². The van der Waals surface area contributed by atoms with Gasteiger partial charge in [0, 0.05) is 50.4 Å². The number of methoxy groups -OCH3 is 2. The molecule has 37 heavy (non-hydrogen) atoms. The Kier molecular flexibility index (Phi) is 6.99. The van der Waals surface area contributed by atoms with Crippen LogP contribution in [0.15, 0.2) is 58.2 Å². The van der Waals surface area contributed by atoms with Gasteiger partial charge in [0.25, 0.3) is 5.56 Å². The average Bonchev–Trinajstić information content (AvgIpc) is 3.33. The van der Waals surface area contributed by atoms with E-state index < -0.39 is 10.0 Å². The van der Waals surface area contributed by atoms with E-state index in [0.717, 1.165) is 16.1 Å². The minimum absolute atomic E-state index is 0.0811. The predicted molar refractivity (Wildman–Crippen MR) is 141 cm³/mol. The number of piperazine rings is 1. The number of ether oxygens (including phenoxy) is 2. The van der Waals surface area contributed by atoms with Gasteiger partial charge in [-0.1, -0.05) is 35.1 Å². The number of aromatic nitrogens is 3. The summed E-state index contributed by atoms with van der Waals surface area (Å²) in [5, 5.41) is 5.19. The molecule has 3 heterocycles. The molecule has 0 saturated carbocycles. The van der Waals surface area contributed by atoms with Crippen LogP contribution in [0.4, 0.5) is 0 Å². The molecule has 12 heteroatoms. The maximum Gasteiger partial charge on any atom is 0.275 e. The van der Waals surface area contributed by atoms with Gasteiger partial charge in [-0.3, -0.25) is 9.69 Å². The fraction of sp³-hybridized carbons (Fsp3) is 0.320. The molecule has 0 spiro atoms. The van der Waals surface area contributed by atoms with Crippen molar-refractivity contribution in [3.63, 3.8) is 0 Å². The minimum atomic E-state index is -3.77. The lowest BCUT2D eigenvalue weighted by atomic mass is 10.1. The summed E-state index contributed by atoms with van der Waals surface area (Å²) in [5.41, 5.74) is 2.46. The molecule has 0 N–H and O–H groups in total. The fourth-order valence-corrected chi connectivity index (χ4v) is 6.83. The highest BCUT2D eigenvalue weighted by Gasteiger charge is 2.31. The van der Waals surface area contributed by atoms with Crippen molar-refractivity contribution in [2.24, 2.45) is 0 Å². The van der Waals surface area contributed by atoms with Gasteiger partial charge < -0.3 is 9.47 Å². The standard InChI is InChI=1S/C25H27N5O5S2/c1-17-5-4-6-18(13-17)24-27-30-23(31)14-19(26-25(30)36-24)16-28-9-11-29(12-10-28)37(32,33)22-15-20(34-2)7-8-21(22)35-3/h4-8,13-15H,9-12,16H2,1-3H3. The second-order valence-corrected chi connectivity index (χ2v) is 11.6. The van der Waals surface area contributed by atoms with Crippen LogP contribution >= 0.6 is 11.3 Å². The predicted octanol–water partition coefficient (Wildman–Crippen LogP) is 2.65. The Hall–Kier alpha value is -3.32. The summed E-state index contributed by atoms with van der Waals surface area (Å²) in [4.78, 5) is 20.1. The van der Waals surface area contributed by atoms with Crippen molar-refractivity contribution in [1.29, 1.82) is 0 Å². The minimum Gasteiger partial charge on any atom is -0.497 e. The van der Waals surface area contributed by atoms with E-state index in [0.29, 0.717) is 49.1 Å². The Morgan fingerprint density at radius 2 is 1.78 bits per heavy atom. The summed E-state index contributed by atoms with van der Waals surface area (Å²) in [7, 11) is -0.837. The number of aryl methyl sites for hydroxylation is 1. The van der Waals surface area contributed by atoms with Crippen molar-refractivity contribution in [1.82, 2.24) is 23.8 Å². The molecule has 1 aliphatic rings. The van der Waals surface area contributed by atoms with Gasteiger partial charge in [0.05, 0.1) is 19.9 Å². The molecule has 0 atom stereocenters. The fourth-order valence-electron chi connectivity index (χ4n) is 4.31. The van der Waals surface area contributed by atoms with Crippen LogP contribution in [0.25, 0.3) is 15.5 Å². The third-order valence-electron chi connectivity index (χ3n) is 6.27. The van der Waals surface area contributed by atoms with Crippen LogP contribution in [0.3, 0.4) is 0 Å². The van der Waals surface area contributed by atoms with E-state index in [4.69, 9.17) is 9.47 Å². The van der Waals surface area contributed by atoms with E-state index in [1.165, 1.54) is 46.5 Å². The van der Waals surface area contributed by atoms with E-state index in [-0.39, 0.29) is 16.2 Å². The number of rotatable bonds is 7. The summed E-state index contributed by atoms with van der Waals surface area (Å²) in [6.45, 7) is 4.08. The number of fused-ring (bicyclic) bond motifs is 1. The van der Waals surface area contributed by atoms with Gasteiger partial charge in [-0.05, 0) is 25.1 Å². The van der Waals surface area contributed by atoms with Gasteiger partial charge in [-0.25, -0.2) is 13.4 Å². The topological polar surface area (TPSA) is 106 Å². The van der Waals surface area contributed by atoms with E-state index in [9.17, 15) is 13.2 Å². The molecule has 0 aliphatic carbocycles. The molecule has 194 valence electrons. The quantitative estimate of drug-likeness (QED) is 0.352. The first-order valence-electron chi connectivity index (χ1n) is 11.7. The van der Waals surface area contributed by atoms with Crippen molar-refractivity contribution < 1.29 is 17.9 Å². The largest absolute Gasteiger partial charge is 0.497 e. The first-order valence-corrected chi connectivity index (χ1v) is 14.0. The molecule has 10 nitrogen and oxygen atoms in total. The number of benzene rings is 2. The van der Waals surface area contributed by atoms with Gasteiger partial charge in [-0.15, -0.1) is 0 Å². The highest BCUT2D eigenvalue weighted by atomic mass is 32.2. The number of hydrogen-bond donors (Lipinski definition) is 0. The third-order valence-corrected chi connectivity index (χ3v) is 9.15. The Balaban J connectivity index is 1.31. The molecule has 0 bridgehead atoms. The number of sulfonamides is 1. The van der Waals surface area contributed by atoms with Crippen molar-refractivity contribution in [3.8, 4) is 22.1 Å². The van der Waals surface area contributed by atoms with Crippen LogP contribution < -0.4 is 15.0 Å². The highest BCUT2D eigenvalue weighted by molar-refractivity contribution is 7.89. The van der Waals surface area contributed by atoms with Crippen molar-refractivity contribution in [2.75, 3.05) is 40.4 Å². The third kappa shape index (κ3) is 5.10. The van der Waals surface area contributed by atoms with Gasteiger partial charge in [-0.2, -0.15) is 13.9 Å². The zero-order valence-corrected chi connectivity index (χ0v) is 22.4. The number of nitrogens with zero attached hydrogens (tertiary/aromatic N) is 5. The number of hydrogen-bond acceptors (Lipinski definition) is 9. The Morgan fingerprint density at radius 3 is 2.49 bits per heavy atom. The van der Waals surface area contributed by atoms with Crippen molar-refractivity contribution in [3.05, 3.63) is 70.1 Å². The summed E-state index contributed by atoms with van der Waals surface area (Å²) >= 11 is 1.37. The lowest BCUT2D eigenvalue weighted by Gasteiger charge is -2.34. The highest BCUT2D eigenvalue weighted by Crippen LogP contribution is 2.31. The van der Waals surface area contributed by atoms with Crippen LogP contribution in [-0.2, 0) is 16.6 Å². The Bertz CT molecular complexity index is 1610. The van der Waals surface area contributed by atoms with E-state index in [2.05, 4.69) is 15.0 Å². The molecule has 1 aliphatic heterocycles. The molecule has 5 rings (SSSR count). The zero-order chi connectivity index (χ0) is 26.2. The molecule has 0 radical (unpaired) electrons. The van der Waals surface area contributed by atoms with E-state index >= 15 is 0 Å². The van der Waals surface area contributed by atoms with Crippen LogP contribution in [0, 0.1) is 6.92 Å². The van der Waals surface area contributed by atoms with Gasteiger partial charge in [0.2, 0.25) is 15.0 Å². The van der Waals surface area contributed by atoms with Crippen molar-refractivity contribution >= 4 is 26.3 Å². The average molecular weight is 542 g/mol. The smallest absolute Gasteiger partial charge is 0.275 e. The zero-order valence-electron chi connectivity index (χ0n) is 20.7. The Morgan fingerprint density at radius 1 is 1.00 bits per heavy atom. The van der Waals surface area contributed by atoms with Crippen molar-refractivity contribution in [2.45, 2.75) is 18.4 Å². The molecular formula is C25H27N5O5S2. The maximum absolute atomic E-state index is 13.3. The van der Waals surface area contributed by atoms with Crippen LogP contribution in [0.1, 0.15) is 11.3 Å². The second kappa shape index (κ2) is 10.2. The summed E-state index contributed by atoms with van der Waals surface area (Å²) in [6.07, 6.45) is 0. The van der Waals surface area contributed by atoms with Crippen LogP contribution in [0.2, 0.25) is 0 Å². The molecule has 1 fully saturated rings. The van der Waals surface area contributed by atoms with E-state index in [1.54, 1.807) is 12.1 Å². The molecular weight excluding hydrogens is 514 g/mol. The first-order chi connectivity index (χ1) is 17.8. The maximum atomic E-state index is 13.3. The summed E-state index contributed by atoms with van der Waals surface area (Å²) in [6, 6.07) is 14.2. The van der Waals surface area contributed by atoms with Crippen LogP contribution in [0.5, 0.6) is 11.5 Å². The lowest BCUT2D eigenvalue weighted by Crippen LogP contribution is -2.48. The monoisotopic (exact) mass is 541 g/mol. The molecule has 2 aromatic carbocycles. The molecule has 4 aromatic rings. The second-order valence-electron chi connectivity index (χ2n) is 8.75.